The Hall–Kier alpha value is -1.63. The average molecular weight is 371 g/mol. The number of hydrogen-bond donors (Lipinski definition) is 1. The van der Waals surface area contributed by atoms with Gasteiger partial charge in [0.25, 0.3) is 0 Å². The molecular weight excluding hydrogens is 351 g/mol. The normalized spacial score (nSPS) is 17.4. The number of nitrogens with one attached hydrogen (secondary N) is 1. The van der Waals surface area contributed by atoms with Crippen LogP contribution in [-0.2, 0) is 11.2 Å². The zero-order valence-electron chi connectivity index (χ0n) is 13.4. The molecule has 24 heavy (non-hydrogen) atoms. The summed E-state index contributed by atoms with van der Waals surface area (Å²) in [4.78, 5) is 18.8. The largest absolute Gasteiger partial charge is 0.344 e. The quantitative estimate of drug-likeness (QED) is 0.895. The van der Waals surface area contributed by atoms with E-state index in [2.05, 4.69) is 15.5 Å². The van der Waals surface area contributed by atoms with Crippen molar-refractivity contribution in [3.63, 3.8) is 0 Å². The SMILES string of the molecule is Cc1noc(Cl)c1CCC(=O)N1CCNCC1c1cccnc1.Cl. The van der Waals surface area contributed by atoms with Gasteiger partial charge in [-0.05, 0) is 36.6 Å². The minimum Gasteiger partial charge on any atom is -0.344 e. The molecule has 130 valence electrons. The van der Waals surface area contributed by atoms with Crippen molar-refractivity contribution in [2.45, 2.75) is 25.8 Å². The maximum Gasteiger partial charge on any atom is 0.229 e. The van der Waals surface area contributed by atoms with Crippen molar-refractivity contribution >= 4 is 29.9 Å². The predicted molar refractivity (Wildman–Crippen MR) is 93.4 cm³/mol. The highest BCUT2D eigenvalue weighted by Crippen LogP contribution is 2.24. The maximum absolute atomic E-state index is 12.7. The third-order valence-electron chi connectivity index (χ3n) is 4.16. The first-order valence-electron chi connectivity index (χ1n) is 7.67. The summed E-state index contributed by atoms with van der Waals surface area (Å²) in [6.45, 7) is 4.06. The zero-order chi connectivity index (χ0) is 16.2. The highest BCUT2D eigenvalue weighted by Gasteiger charge is 2.28. The van der Waals surface area contributed by atoms with Gasteiger partial charge in [-0.2, -0.15) is 0 Å². The fourth-order valence-corrected chi connectivity index (χ4v) is 3.16. The lowest BCUT2D eigenvalue weighted by Gasteiger charge is -2.36. The molecule has 0 radical (unpaired) electrons. The van der Waals surface area contributed by atoms with Gasteiger partial charge in [0.05, 0.1) is 11.7 Å². The first-order valence-corrected chi connectivity index (χ1v) is 8.05. The Morgan fingerprint density at radius 2 is 2.38 bits per heavy atom. The molecular formula is C16H20Cl2N4O2. The summed E-state index contributed by atoms with van der Waals surface area (Å²) in [7, 11) is 0. The van der Waals surface area contributed by atoms with Gasteiger partial charge in [0.15, 0.2) is 0 Å². The van der Waals surface area contributed by atoms with E-state index in [9.17, 15) is 4.79 Å². The summed E-state index contributed by atoms with van der Waals surface area (Å²) in [6, 6.07) is 3.92. The third-order valence-corrected chi connectivity index (χ3v) is 4.46. The van der Waals surface area contributed by atoms with E-state index in [0.29, 0.717) is 19.4 Å². The van der Waals surface area contributed by atoms with Crippen molar-refractivity contribution < 1.29 is 9.32 Å². The van der Waals surface area contributed by atoms with Crippen molar-refractivity contribution in [3.05, 3.63) is 46.6 Å². The molecule has 1 N–H and O–H groups in total. The van der Waals surface area contributed by atoms with Gasteiger partial charge in [-0.15, -0.1) is 12.4 Å². The van der Waals surface area contributed by atoms with Gasteiger partial charge < -0.3 is 14.7 Å². The van der Waals surface area contributed by atoms with E-state index in [-0.39, 0.29) is 29.6 Å². The summed E-state index contributed by atoms with van der Waals surface area (Å²) in [5, 5.41) is 7.43. The Balaban J connectivity index is 0.00000208. The molecule has 3 rings (SSSR count). The lowest BCUT2D eigenvalue weighted by atomic mass is 10.0. The van der Waals surface area contributed by atoms with Crippen molar-refractivity contribution in [1.82, 2.24) is 20.4 Å². The molecule has 1 atom stereocenters. The van der Waals surface area contributed by atoms with E-state index in [0.717, 1.165) is 29.9 Å². The smallest absolute Gasteiger partial charge is 0.229 e. The van der Waals surface area contributed by atoms with Crippen LogP contribution in [0.3, 0.4) is 0 Å². The number of rotatable bonds is 4. The van der Waals surface area contributed by atoms with Crippen LogP contribution in [0, 0.1) is 6.92 Å². The summed E-state index contributed by atoms with van der Waals surface area (Å²) in [5.74, 6) is 0.108. The lowest BCUT2D eigenvalue weighted by molar-refractivity contribution is -0.134. The lowest BCUT2D eigenvalue weighted by Crippen LogP contribution is -2.48. The number of pyridine rings is 1. The minimum atomic E-state index is 0. The molecule has 1 amide bonds. The first-order chi connectivity index (χ1) is 11.2. The Morgan fingerprint density at radius 3 is 3.04 bits per heavy atom. The number of aromatic nitrogens is 2. The van der Waals surface area contributed by atoms with Gasteiger partial charge in [-0.3, -0.25) is 9.78 Å². The fourth-order valence-electron chi connectivity index (χ4n) is 2.89. The maximum atomic E-state index is 12.7. The van der Waals surface area contributed by atoms with Gasteiger partial charge in [-0.25, -0.2) is 0 Å². The first kappa shape index (κ1) is 18.7. The van der Waals surface area contributed by atoms with Crippen molar-refractivity contribution in [3.8, 4) is 0 Å². The molecule has 3 heterocycles. The molecule has 1 aliphatic rings. The Kier molecular flexibility index (Phi) is 6.60. The van der Waals surface area contributed by atoms with E-state index in [4.69, 9.17) is 16.1 Å². The molecule has 0 bridgehead atoms. The third kappa shape index (κ3) is 4.06. The number of aryl methyl sites for hydroxylation is 1. The second kappa shape index (κ2) is 8.46. The van der Waals surface area contributed by atoms with E-state index in [1.165, 1.54) is 0 Å². The van der Waals surface area contributed by atoms with Gasteiger partial charge in [0, 0.05) is 44.0 Å². The Labute approximate surface area is 152 Å². The van der Waals surface area contributed by atoms with Gasteiger partial charge >= 0.3 is 0 Å². The molecule has 0 aromatic carbocycles. The monoisotopic (exact) mass is 370 g/mol. The Bertz CT molecular complexity index is 658. The molecule has 0 aliphatic carbocycles. The highest BCUT2D eigenvalue weighted by molar-refractivity contribution is 6.29. The topological polar surface area (TPSA) is 71.3 Å². The summed E-state index contributed by atoms with van der Waals surface area (Å²) >= 11 is 5.97. The molecule has 0 spiro atoms. The number of piperazine rings is 1. The number of hydrogen-bond acceptors (Lipinski definition) is 5. The fraction of sp³-hybridized carbons (Fsp3) is 0.438. The second-order valence-corrected chi connectivity index (χ2v) is 5.96. The molecule has 1 aliphatic heterocycles. The standard InChI is InChI=1S/C16H19ClN4O2.ClH/c1-11-13(16(17)23-20-11)4-5-15(22)21-8-7-19-10-14(21)12-3-2-6-18-9-12;/h2-3,6,9,14,19H,4-5,7-8,10H2,1H3;1H. The zero-order valence-corrected chi connectivity index (χ0v) is 14.9. The molecule has 0 saturated carbocycles. The molecule has 1 unspecified atom stereocenters. The van der Waals surface area contributed by atoms with Crippen molar-refractivity contribution in [2.24, 2.45) is 0 Å². The van der Waals surface area contributed by atoms with Crippen molar-refractivity contribution in [1.29, 1.82) is 0 Å². The van der Waals surface area contributed by atoms with Crippen LogP contribution in [0.5, 0.6) is 0 Å². The molecule has 1 fully saturated rings. The van der Waals surface area contributed by atoms with Crippen LogP contribution in [0.25, 0.3) is 0 Å². The summed E-state index contributed by atoms with van der Waals surface area (Å²) in [6.07, 6.45) is 4.48. The molecule has 1 saturated heterocycles. The van der Waals surface area contributed by atoms with E-state index >= 15 is 0 Å². The second-order valence-electron chi connectivity index (χ2n) is 5.61. The summed E-state index contributed by atoms with van der Waals surface area (Å²) in [5.41, 5.74) is 2.60. The number of carbonyl (C=O) groups is 1. The molecule has 2 aromatic rings. The summed E-state index contributed by atoms with van der Waals surface area (Å²) < 4.78 is 4.94. The van der Waals surface area contributed by atoms with Crippen LogP contribution in [0.2, 0.25) is 5.22 Å². The van der Waals surface area contributed by atoms with Crippen LogP contribution >= 0.6 is 24.0 Å². The number of nitrogens with zero attached hydrogens (tertiary/aromatic N) is 3. The van der Waals surface area contributed by atoms with Crippen LogP contribution in [-0.4, -0.2) is 40.6 Å². The Morgan fingerprint density at radius 1 is 1.54 bits per heavy atom. The van der Waals surface area contributed by atoms with Crippen LogP contribution < -0.4 is 5.32 Å². The van der Waals surface area contributed by atoms with Crippen LogP contribution in [0.4, 0.5) is 0 Å². The molecule has 8 heteroatoms. The van der Waals surface area contributed by atoms with Crippen molar-refractivity contribution in [2.75, 3.05) is 19.6 Å². The highest BCUT2D eigenvalue weighted by atomic mass is 35.5. The minimum absolute atomic E-state index is 0. The number of amides is 1. The van der Waals surface area contributed by atoms with Gasteiger partial charge in [0.1, 0.15) is 0 Å². The molecule has 6 nitrogen and oxygen atoms in total. The van der Waals surface area contributed by atoms with E-state index in [1.54, 1.807) is 6.20 Å². The van der Waals surface area contributed by atoms with E-state index in [1.807, 2.05) is 30.2 Å². The van der Waals surface area contributed by atoms with E-state index < -0.39 is 0 Å². The van der Waals surface area contributed by atoms with Crippen LogP contribution in [0.1, 0.15) is 29.3 Å². The van der Waals surface area contributed by atoms with Gasteiger partial charge in [-0.1, -0.05) is 11.2 Å². The molecule has 2 aromatic heterocycles. The van der Waals surface area contributed by atoms with Crippen LogP contribution in [0.15, 0.2) is 29.0 Å². The van der Waals surface area contributed by atoms with Gasteiger partial charge in [0.2, 0.25) is 11.1 Å². The predicted octanol–water partition coefficient (Wildman–Crippen LogP) is 2.56. The average Bonchev–Trinajstić information content (AvgIpc) is 2.92. The number of carbonyl (C=O) groups excluding carboxylic acids is 1. The number of halogens is 2.